The van der Waals surface area contributed by atoms with Crippen molar-refractivity contribution in [2.45, 2.75) is 45.6 Å². The van der Waals surface area contributed by atoms with Gasteiger partial charge in [0, 0.05) is 6.04 Å². The molecule has 0 saturated carbocycles. The summed E-state index contributed by atoms with van der Waals surface area (Å²) in [6.45, 7) is 7.94. The van der Waals surface area contributed by atoms with Crippen LogP contribution in [0.15, 0.2) is 0 Å². The second kappa shape index (κ2) is 9.32. The van der Waals surface area contributed by atoms with E-state index < -0.39 is 0 Å². The maximum absolute atomic E-state index is 3.56. The normalized spacial score (nSPS) is 18.2. The largest absolute Gasteiger partial charge is 0.317 e. The summed E-state index contributed by atoms with van der Waals surface area (Å²) in [5, 5.41) is 7.00. The van der Waals surface area contributed by atoms with E-state index >= 15 is 0 Å². The second-order valence-corrected chi connectivity index (χ2v) is 6.28. The van der Waals surface area contributed by atoms with E-state index in [2.05, 4.69) is 36.2 Å². The van der Waals surface area contributed by atoms with E-state index in [1.807, 2.05) is 0 Å². The molecule has 1 aliphatic rings. The minimum absolute atomic E-state index is 0.625. The highest BCUT2D eigenvalue weighted by molar-refractivity contribution is 7.99. The molecule has 0 bridgehead atoms. The standard InChI is InChI=1S/C13H28N2S/c1-12(2)15-8-3-7-14-9-4-13-5-10-16-11-6-13/h12-15H,3-11H2,1-2H3. The molecule has 16 heavy (non-hydrogen) atoms. The molecule has 0 amide bonds. The van der Waals surface area contributed by atoms with Crippen LogP contribution in [0.25, 0.3) is 0 Å². The Kier molecular flexibility index (Phi) is 8.34. The van der Waals surface area contributed by atoms with Gasteiger partial charge in [-0.05, 0) is 62.7 Å². The van der Waals surface area contributed by atoms with Gasteiger partial charge in [0.05, 0.1) is 0 Å². The first-order valence-corrected chi connectivity index (χ1v) is 7.96. The number of rotatable bonds is 8. The van der Waals surface area contributed by atoms with E-state index in [4.69, 9.17) is 0 Å². The van der Waals surface area contributed by atoms with Crippen molar-refractivity contribution < 1.29 is 0 Å². The van der Waals surface area contributed by atoms with Crippen molar-refractivity contribution in [3.63, 3.8) is 0 Å². The van der Waals surface area contributed by atoms with Crippen molar-refractivity contribution in [1.29, 1.82) is 0 Å². The molecule has 2 N–H and O–H groups in total. The van der Waals surface area contributed by atoms with E-state index in [0.717, 1.165) is 12.5 Å². The molecule has 96 valence electrons. The zero-order chi connectivity index (χ0) is 11.6. The van der Waals surface area contributed by atoms with Gasteiger partial charge in [-0.2, -0.15) is 11.8 Å². The van der Waals surface area contributed by atoms with E-state index in [1.165, 1.54) is 50.3 Å². The molecular formula is C13H28N2S. The van der Waals surface area contributed by atoms with Crippen LogP contribution in [-0.2, 0) is 0 Å². The van der Waals surface area contributed by atoms with Crippen molar-refractivity contribution in [1.82, 2.24) is 10.6 Å². The van der Waals surface area contributed by atoms with Gasteiger partial charge >= 0.3 is 0 Å². The van der Waals surface area contributed by atoms with E-state index in [0.29, 0.717) is 6.04 Å². The average Bonchev–Trinajstić information content (AvgIpc) is 2.29. The van der Waals surface area contributed by atoms with Gasteiger partial charge in [0.2, 0.25) is 0 Å². The molecule has 1 heterocycles. The van der Waals surface area contributed by atoms with Crippen LogP contribution in [0.2, 0.25) is 0 Å². The molecule has 1 aliphatic heterocycles. The predicted octanol–water partition coefficient (Wildman–Crippen LogP) is 2.50. The summed E-state index contributed by atoms with van der Waals surface area (Å²) in [5.74, 6) is 3.79. The summed E-state index contributed by atoms with van der Waals surface area (Å²) in [4.78, 5) is 0. The molecule has 0 unspecified atom stereocenters. The molecule has 0 aromatic carbocycles. The van der Waals surface area contributed by atoms with Gasteiger partial charge in [-0.1, -0.05) is 13.8 Å². The Bertz CT molecular complexity index is 156. The third kappa shape index (κ3) is 7.53. The Morgan fingerprint density at radius 1 is 1.12 bits per heavy atom. The molecule has 3 heteroatoms. The average molecular weight is 244 g/mol. The van der Waals surface area contributed by atoms with Gasteiger partial charge in [0.1, 0.15) is 0 Å². The van der Waals surface area contributed by atoms with Crippen LogP contribution in [0.4, 0.5) is 0 Å². The zero-order valence-corrected chi connectivity index (χ0v) is 11.7. The Balaban J connectivity index is 1.80. The van der Waals surface area contributed by atoms with Crippen molar-refractivity contribution in [2.75, 3.05) is 31.1 Å². The van der Waals surface area contributed by atoms with Crippen molar-refractivity contribution in [3.8, 4) is 0 Å². The Labute approximate surface area is 105 Å². The number of nitrogens with one attached hydrogen (secondary N) is 2. The minimum Gasteiger partial charge on any atom is -0.317 e. The quantitative estimate of drug-likeness (QED) is 0.642. The minimum atomic E-state index is 0.625. The lowest BCUT2D eigenvalue weighted by Crippen LogP contribution is -2.27. The maximum Gasteiger partial charge on any atom is 0.00103 e. The molecule has 0 aliphatic carbocycles. The smallest absolute Gasteiger partial charge is 0.00103 e. The lowest BCUT2D eigenvalue weighted by Gasteiger charge is -2.21. The van der Waals surface area contributed by atoms with E-state index in [9.17, 15) is 0 Å². The summed E-state index contributed by atoms with van der Waals surface area (Å²) < 4.78 is 0. The Hall–Kier alpha value is 0.270. The SMILES string of the molecule is CC(C)NCCCNCCC1CCSCC1. The summed E-state index contributed by atoms with van der Waals surface area (Å²) in [6.07, 6.45) is 5.53. The summed E-state index contributed by atoms with van der Waals surface area (Å²) >= 11 is 2.12. The fourth-order valence-corrected chi connectivity index (χ4v) is 3.27. The highest BCUT2D eigenvalue weighted by Gasteiger charge is 2.12. The van der Waals surface area contributed by atoms with Gasteiger partial charge in [0.15, 0.2) is 0 Å². The van der Waals surface area contributed by atoms with Gasteiger partial charge in [-0.3, -0.25) is 0 Å². The second-order valence-electron chi connectivity index (χ2n) is 5.06. The van der Waals surface area contributed by atoms with Crippen LogP contribution in [0.3, 0.4) is 0 Å². The molecule has 0 aromatic heterocycles. The van der Waals surface area contributed by atoms with Crippen molar-refractivity contribution in [3.05, 3.63) is 0 Å². The first-order chi connectivity index (χ1) is 7.79. The molecule has 1 fully saturated rings. The van der Waals surface area contributed by atoms with Crippen molar-refractivity contribution >= 4 is 11.8 Å². The van der Waals surface area contributed by atoms with Crippen LogP contribution in [-0.4, -0.2) is 37.2 Å². The van der Waals surface area contributed by atoms with Crippen LogP contribution in [0, 0.1) is 5.92 Å². The molecule has 0 atom stereocenters. The topological polar surface area (TPSA) is 24.1 Å². The molecule has 2 nitrogen and oxygen atoms in total. The lowest BCUT2D eigenvalue weighted by molar-refractivity contribution is 0.434. The van der Waals surface area contributed by atoms with E-state index in [1.54, 1.807) is 0 Å². The lowest BCUT2D eigenvalue weighted by atomic mass is 9.99. The predicted molar refractivity (Wildman–Crippen MR) is 75.3 cm³/mol. The zero-order valence-electron chi connectivity index (χ0n) is 10.9. The summed E-state index contributed by atoms with van der Waals surface area (Å²) in [7, 11) is 0. The van der Waals surface area contributed by atoms with Crippen LogP contribution in [0.1, 0.15) is 39.5 Å². The van der Waals surface area contributed by atoms with Gasteiger partial charge in [-0.15, -0.1) is 0 Å². The Morgan fingerprint density at radius 3 is 2.56 bits per heavy atom. The number of hydrogen-bond donors (Lipinski definition) is 2. The third-order valence-corrected chi connectivity index (χ3v) is 4.20. The fraction of sp³-hybridized carbons (Fsp3) is 1.00. The van der Waals surface area contributed by atoms with Crippen LogP contribution < -0.4 is 10.6 Å². The van der Waals surface area contributed by atoms with Gasteiger partial charge < -0.3 is 10.6 Å². The maximum atomic E-state index is 3.56. The first kappa shape index (κ1) is 14.3. The molecule has 0 spiro atoms. The first-order valence-electron chi connectivity index (χ1n) is 6.81. The fourth-order valence-electron chi connectivity index (χ4n) is 2.07. The monoisotopic (exact) mass is 244 g/mol. The molecule has 0 radical (unpaired) electrons. The highest BCUT2D eigenvalue weighted by Crippen LogP contribution is 2.24. The molecule has 1 saturated heterocycles. The number of thioether (sulfide) groups is 1. The van der Waals surface area contributed by atoms with Crippen molar-refractivity contribution in [2.24, 2.45) is 5.92 Å². The third-order valence-electron chi connectivity index (χ3n) is 3.15. The van der Waals surface area contributed by atoms with Gasteiger partial charge in [-0.25, -0.2) is 0 Å². The molecule has 1 rings (SSSR count). The highest BCUT2D eigenvalue weighted by atomic mass is 32.2. The Morgan fingerprint density at radius 2 is 1.88 bits per heavy atom. The van der Waals surface area contributed by atoms with Gasteiger partial charge in [0.25, 0.3) is 0 Å². The summed E-state index contributed by atoms with van der Waals surface area (Å²) in [5.41, 5.74) is 0. The van der Waals surface area contributed by atoms with Crippen LogP contribution in [0.5, 0.6) is 0 Å². The van der Waals surface area contributed by atoms with Crippen LogP contribution >= 0.6 is 11.8 Å². The van der Waals surface area contributed by atoms with E-state index in [-0.39, 0.29) is 0 Å². The molecular weight excluding hydrogens is 216 g/mol. The molecule has 0 aromatic rings. The summed E-state index contributed by atoms with van der Waals surface area (Å²) in [6, 6.07) is 0.625. The number of hydrogen-bond acceptors (Lipinski definition) is 3.